The lowest BCUT2D eigenvalue weighted by Crippen LogP contribution is -2.43. The number of anilines is 2. The smallest absolute Gasteiger partial charge is 0.335 e. The number of hydrogen-bond donors (Lipinski definition) is 1. The van der Waals surface area contributed by atoms with Crippen LogP contribution in [0.5, 0.6) is 0 Å². The van der Waals surface area contributed by atoms with Gasteiger partial charge in [0.2, 0.25) is 5.91 Å². The van der Waals surface area contributed by atoms with Crippen LogP contribution in [-0.4, -0.2) is 36.9 Å². The predicted molar refractivity (Wildman–Crippen MR) is 124 cm³/mol. The highest BCUT2D eigenvalue weighted by Crippen LogP contribution is 2.48. The Labute approximate surface area is 188 Å². The minimum absolute atomic E-state index is 0.0600. The molecule has 0 saturated carbocycles. The number of benzene rings is 2. The maximum Gasteiger partial charge on any atom is 0.335 e. The molecule has 1 aliphatic carbocycles. The molecule has 0 aromatic heterocycles. The Morgan fingerprint density at radius 2 is 1.75 bits per heavy atom. The Morgan fingerprint density at radius 1 is 1.06 bits per heavy atom. The number of ketones is 1. The average Bonchev–Trinajstić information content (AvgIpc) is 2.72. The largest absolute Gasteiger partial charge is 0.478 e. The van der Waals surface area contributed by atoms with Gasteiger partial charge >= 0.3 is 5.97 Å². The van der Waals surface area contributed by atoms with Crippen LogP contribution in [0.4, 0.5) is 11.4 Å². The summed E-state index contributed by atoms with van der Waals surface area (Å²) in [4.78, 5) is 41.9. The van der Waals surface area contributed by atoms with Gasteiger partial charge < -0.3 is 10.0 Å². The summed E-state index contributed by atoms with van der Waals surface area (Å²) >= 11 is 0. The molecule has 1 aliphatic heterocycles. The molecule has 0 spiro atoms. The topological polar surface area (TPSA) is 77.9 Å². The molecule has 1 unspecified atom stereocenters. The van der Waals surface area contributed by atoms with E-state index in [0.29, 0.717) is 29.8 Å². The summed E-state index contributed by atoms with van der Waals surface area (Å²) in [6.07, 6.45) is 1.17. The number of carbonyl (C=O) groups excluding carboxylic acids is 2. The fraction of sp³-hybridized carbons (Fsp3) is 0.346. The summed E-state index contributed by atoms with van der Waals surface area (Å²) in [6, 6.07) is 14.3. The number of aromatic carboxylic acids is 1. The first kappa shape index (κ1) is 21.8. The van der Waals surface area contributed by atoms with Crippen molar-refractivity contribution in [3.63, 3.8) is 0 Å². The van der Waals surface area contributed by atoms with Crippen molar-refractivity contribution in [1.29, 1.82) is 0 Å². The molecule has 0 fully saturated rings. The molecule has 1 N–H and O–H groups in total. The van der Waals surface area contributed by atoms with Crippen molar-refractivity contribution >= 4 is 29.0 Å². The molecule has 6 nitrogen and oxygen atoms in total. The van der Waals surface area contributed by atoms with Crippen LogP contribution in [0.25, 0.3) is 0 Å². The molecule has 0 radical (unpaired) electrons. The number of rotatable bonds is 4. The molecule has 0 saturated heterocycles. The van der Waals surface area contributed by atoms with E-state index in [1.807, 2.05) is 57.1 Å². The summed E-state index contributed by atoms with van der Waals surface area (Å²) in [7, 11) is 3.94. The Balaban J connectivity index is 1.86. The van der Waals surface area contributed by atoms with Crippen LogP contribution in [0.3, 0.4) is 0 Å². The normalized spacial score (nSPS) is 20.2. The molecule has 32 heavy (non-hydrogen) atoms. The summed E-state index contributed by atoms with van der Waals surface area (Å²) in [5.41, 5.74) is 3.70. The second kappa shape index (κ2) is 7.93. The van der Waals surface area contributed by atoms with E-state index in [-0.39, 0.29) is 35.0 Å². The molecule has 0 bridgehead atoms. The molecular weight excluding hydrogens is 404 g/mol. The van der Waals surface area contributed by atoms with E-state index in [9.17, 15) is 19.5 Å². The zero-order valence-corrected chi connectivity index (χ0v) is 18.9. The van der Waals surface area contributed by atoms with Gasteiger partial charge in [-0.15, -0.1) is 0 Å². The summed E-state index contributed by atoms with van der Waals surface area (Å²) in [5, 5.41) is 9.41. The molecule has 4 rings (SSSR count). The number of amides is 1. The standard InChI is InChI=1S/C26H28N2O4/c1-26(2)14-21-24(22(29)15-26)20(16-8-10-18(11-9-16)27(3)4)13-23(30)28(21)19-7-5-6-17(12-19)25(31)32/h5-12,20H,13-15H2,1-4H3,(H,31,32). The van der Waals surface area contributed by atoms with Gasteiger partial charge in [0.15, 0.2) is 5.78 Å². The molecule has 2 aliphatic rings. The van der Waals surface area contributed by atoms with Crippen molar-refractivity contribution < 1.29 is 19.5 Å². The molecule has 1 amide bonds. The third-order valence-corrected chi connectivity index (χ3v) is 6.31. The fourth-order valence-electron chi connectivity index (χ4n) is 4.78. The molecule has 1 atom stereocenters. The van der Waals surface area contributed by atoms with Gasteiger partial charge in [-0.2, -0.15) is 0 Å². The maximum absolute atomic E-state index is 13.4. The van der Waals surface area contributed by atoms with E-state index in [4.69, 9.17) is 0 Å². The minimum Gasteiger partial charge on any atom is -0.478 e. The zero-order chi connectivity index (χ0) is 23.2. The highest BCUT2D eigenvalue weighted by molar-refractivity contribution is 6.08. The van der Waals surface area contributed by atoms with Gasteiger partial charge in [-0.25, -0.2) is 4.79 Å². The van der Waals surface area contributed by atoms with E-state index >= 15 is 0 Å². The van der Waals surface area contributed by atoms with Gasteiger partial charge in [0.25, 0.3) is 0 Å². The molecule has 1 heterocycles. The van der Waals surface area contributed by atoms with Crippen LogP contribution in [0.15, 0.2) is 59.8 Å². The highest BCUT2D eigenvalue weighted by Gasteiger charge is 2.44. The van der Waals surface area contributed by atoms with Crippen LogP contribution >= 0.6 is 0 Å². The summed E-state index contributed by atoms with van der Waals surface area (Å²) < 4.78 is 0. The van der Waals surface area contributed by atoms with Gasteiger partial charge in [0, 0.05) is 55.5 Å². The van der Waals surface area contributed by atoms with E-state index in [0.717, 1.165) is 11.3 Å². The maximum atomic E-state index is 13.4. The van der Waals surface area contributed by atoms with Crippen LogP contribution in [-0.2, 0) is 9.59 Å². The number of carboxylic acids is 1. The van der Waals surface area contributed by atoms with Crippen molar-refractivity contribution in [2.24, 2.45) is 5.41 Å². The number of nitrogens with zero attached hydrogens (tertiary/aromatic N) is 2. The quantitative estimate of drug-likeness (QED) is 0.763. The second-order valence-electron chi connectivity index (χ2n) is 9.63. The van der Waals surface area contributed by atoms with Crippen molar-refractivity contribution in [1.82, 2.24) is 0 Å². The number of Topliss-reactive ketones (excluding diaryl/α,β-unsaturated/α-hetero) is 1. The van der Waals surface area contributed by atoms with Crippen LogP contribution < -0.4 is 9.80 Å². The molecule has 2 aromatic carbocycles. The fourth-order valence-corrected chi connectivity index (χ4v) is 4.78. The van der Waals surface area contributed by atoms with Gasteiger partial charge in [-0.05, 0) is 47.7 Å². The first-order valence-electron chi connectivity index (χ1n) is 10.8. The molecule has 166 valence electrons. The van der Waals surface area contributed by atoms with Crippen LogP contribution in [0.1, 0.15) is 54.9 Å². The van der Waals surface area contributed by atoms with Crippen LogP contribution in [0.2, 0.25) is 0 Å². The Kier molecular flexibility index (Phi) is 5.41. The van der Waals surface area contributed by atoms with E-state index < -0.39 is 5.97 Å². The number of allylic oxidation sites excluding steroid dienone is 2. The van der Waals surface area contributed by atoms with Gasteiger partial charge in [-0.1, -0.05) is 32.0 Å². The Morgan fingerprint density at radius 3 is 2.38 bits per heavy atom. The Hall–Kier alpha value is -3.41. The third kappa shape index (κ3) is 3.93. The first-order chi connectivity index (χ1) is 15.1. The summed E-state index contributed by atoms with van der Waals surface area (Å²) in [6.45, 7) is 4.06. The molecule has 2 aromatic rings. The number of carboxylic acid groups (broad SMARTS) is 1. The van der Waals surface area contributed by atoms with E-state index in [1.165, 1.54) is 12.1 Å². The third-order valence-electron chi connectivity index (χ3n) is 6.31. The first-order valence-corrected chi connectivity index (χ1v) is 10.8. The highest BCUT2D eigenvalue weighted by atomic mass is 16.4. The summed E-state index contributed by atoms with van der Waals surface area (Å²) in [5.74, 6) is -1.41. The number of carbonyl (C=O) groups is 3. The lowest BCUT2D eigenvalue weighted by atomic mass is 9.69. The number of hydrogen-bond acceptors (Lipinski definition) is 4. The average molecular weight is 433 g/mol. The van der Waals surface area contributed by atoms with Crippen molar-refractivity contribution in [3.8, 4) is 0 Å². The van der Waals surface area contributed by atoms with Gasteiger partial charge in [0.05, 0.1) is 5.56 Å². The van der Waals surface area contributed by atoms with Gasteiger partial charge in [0.1, 0.15) is 0 Å². The molecule has 6 heteroatoms. The second-order valence-corrected chi connectivity index (χ2v) is 9.63. The van der Waals surface area contributed by atoms with Gasteiger partial charge in [-0.3, -0.25) is 14.5 Å². The molecular formula is C26H28N2O4. The van der Waals surface area contributed by atoms with Crippen molar-refractivity contribution in [3.05, 3.63) is 70.9 Å². The minimum atomic E-state index is -1.05. The zero-order valence-electron chi connectivity index (χ0n) is 18.9. The van der Waals surface area contributed by atoms with Crippen molar-refractivity contribution in [2.45, 2.75) is 39.0 Å². The monoisotopic (exact) mass is 432 g/mol. The van der Waals surface area contributed by atoms with Crippen LogP contribution in [0, 0.1) is 5.41 Å². The van der Waals surface area contributed by atoms with E-state index in [2.05, 4.69) is 0 Å². The van der Waals surface area contributed by atoms with Crippen molar-refractivity contribution in [2.75, 3.05) is 23.9 Å². The lowest BCUT2D eigenvalue weighted by Gasteiger charge is -2.43. The Bertz CT molecular complexity index is 1130. The lowest BCUT2D eigenvalue weighted by molar-refractivity contribution is -0.121. The predicted octanol–water partition coefficient (Wildman–Crippen LogP) is 4.61. The SMILES string of the molecule is CN(C)c1ccc(C2CC(=O)N(c3cccc(C(=O)O)c3)C3=C2C(=O)CC(C)(C)C3)cc1. The van der Waals surface area contributed by atoms with E-state index in [1.54, 1.807) is 17.0 Å².